The summed E-state index contributed by atoms with van der Waals surface area (Å²) in [4.78, 5) is 0. The first kappa shape index (κ1) is 12.8. The van der Waals surface area contributed by atoms with E-state index in [2.05, 4.69) is 29.8 Å². The van der Waals surface area contributed by atoms with Crippen LogP contribution in [-0.4, -0.2) is 31.3 Å². The third kappa shape index (κ3) is 1.67. The molecule has 94 valence electrons. The van der Waals surface area contributed by atoms with E-state index in [1.807, 2.05) is 0 Å². The molecule has 0 N–H and O–H groups in total. The van der Waals surface area contributed by atoms with Crippen LogP contribution in [-0.2, 0) is 9.47 Å². The third-order valence-electron chi connectivity index (χ3n) is 5.05. The van der Waals surface area contributed by atoms with E-state index < -0.39 is 0 Å². The number of alkyl halides is 1. The van der Waals surface area contributed by atoms with Gasteiger partial charge in [-0.15, -0.1) is 0 Å². The summed E-state index contributed by atoms with van der Waals surface area (Å²) in [6.07, 6.45) is 4.08. The van der Waals surface area contributed by atoms with Gasteiger partial charge in [-0.25, -0.2) is 0 Å². The Hall–Kier alpha value is 0.400. The van der Waals surface area contributed by atoms with Gasteiger partial charge in [-0.3, -0.25) is 0 Å². The summed E-state index contributed by atoms with van der Waals surface area (Å²) in [5.41, 5.74) is 0.335. The van der Waals surface area contributed by atoms with E-state index >= 15 is 0 Å². The standard InChI is InChI=1S/C13H23BrO2/c1-12(2)10-4-5-11(8-10)13(12,9-14)16-7-6-15-3/h10-11H,4-9H2,1-3H3. The zero-order valence-corrected chi connectivity index (χ0v) is 12.2. The third-order valence-corrected chi connectivity index (χ3v) is 5.88. The second-order valence-electron chi connectivity index (χ2n) is 5.79. The minimum atomic E-state index is 0.0362. The number of ether oxygens (including phenoxy) is 2. The van der Waals surface area contributed by atoms with Gasteiger partial charge in [0.25, 0.3) is 0 Å². The van der Waals surface area contributed by atoms with Crippen LogP contribution in [0, 0.1) is 17.3 Å². The van der Waals surface area contributed by atoms with E-state index in [0.717, 1.165) is 23.8 Å². The van der Waals surface area contributed by atoms with Crippen molar-refractivity contribution in [3.05, 3.63) is 0 Å². The van der Waals surface area contributed by atoms with E-state index in [1.54, 1.807) is 7.11 Å². The molecule has 0 aromatic heterocycles. The smallest absolute Gasteiger partial charge is 0.0861 e. The van der Waals surface area contributed by atoms with E-state index in [9.17, 15) is 0 Å². The van der Waals surface area contributed by atoms with Gasteiger partial charge < -0.3 is 9.47 Å². The number of fused-ring (bicyclic) bond motifs is 2. The van der Waals surface area contributed by atoms with Gasteiger partial charge in [0.2, 0.25) is 0 Å². The Morgan fingerprint density at radius 1 is 1.19 bits per heavy atom. The summed E-state index contributed by atoms with van der Waals surface area (Å²) < 4.78 is 11.4. The average Bonchev–Trinajstić information content (AvgIpc) is 2.80. The summed E-state index contributed by atoms with van der Waals surface area (Å²) in [6, 6.07) is 0. The molecule has 0 aromatic carbocycles. The van der Waals surface area contributed by atoms with Crippen LogP contribution in [0.15, 0.2) is 0 Å². The minimum absolute atomic E-state index is 0.0362. The quantitative estimate of drug-likeness (QED) is 0.572. The van der Waals surface area contributed by atoms with Crippen molar-refractivity contribution < 1.29 is 9.47 Å². The van der Waals surface area contributed by atoms with Gasteiger partial charge in [0.15, 0.2) is 0 Å². The molecule has 0 aromatic rings. The van der Waals surface area contributed by atoms with Gasteiger partial charge in [-0.1, -0.05) is 29.8 Å². The summed E-state index contributed by atoms with van der Waals surface area (Å²) in [5.74, 6) is 1.58. The highest BCUT2D eigenvalue weighted by Gasteiger charge is 2.63. The Kier molecular flexibility index (Phi) is 3.68. The molecule has 0 amide bonds. The fourth-order valence-corrected chi connectivity index (χ4v) is 5.21. The molecule has 3 atom stereocenters. The van der Waals surface area contributed by atoms with E-state index in [-0.39, 0.29) is 5.60 Å². The molecule has 0 spiro atoms. The maximum absolute atomic E-state index is 6.26. The van der Waals surface area contributed by atoms with Crippen LogP contribution in [0.1, 0.15) is 33.1 Å². The number of halogens is 1. The van der Waals surface area contributed by atoms with Gasteiger partial charge >= 0.3 is 0 Å². The molecule has 2 fully saturated rings. The van der Waals surface area contributed by atoms with Crippen molar-refractivity contribution in [2.24, 2.45) is 17.3 Å². The lowest BCUT2D eigenvalue weighted by Gasteiger charge is -2.48. The van der Waals surface area contributed by atoms with Crippen LogP contribution < -0.4 is 0 Å². The van der Waals surface area contributed by atoms with Gasteiger partial charge in [0.1, 0.15) is 0 Å². The Morgan fingerprint density at radius 2 is 1.88 bits per heavy atom. The van der Waals surface area contributed by atoms with Crippen molar-refractivity contribution in [2.75, 3.05) is 25.7 Å². The van der Waals surface area contributed by atoms with Crippen LogP contribution in [0.2, 0.25) is 0 Å². The number of rotatable bonds is 5. The number of methoxy groups -OCH3 is 1. The maximum atomic E-state index is 6.26. The zero-order valence-electron chi connectivity index (χ0n) is 10.6. The van der Waals surface area contributed by atoms with Crippen molar-refractivity contribution >= 4 is 15.9 Å². The first-order valence-electron chi connectivity index (χ1n) is 6.27. The Labute approximate surface area is 107 Å². The number of hydrogen-bond donors (Lipinski definition) is 0. The van der Waals surface area contributed by atoms with Gasteiger partial charge in [0.05, 0.1) is 18.8 Å². The minimum Gasteiger partial charge on any atom is -0.382 e. The summed E-state index contributed by atoms with van der Waals surface area (Å²) in [7, 11) is 1.73. The molecule has 3 unspecified atom stereocenters. The molecule has 2 bridgehead atoms. The van der Waals surface area contributed by atoms with Crippen molar-refractivity contribution in [1.82, 2.24) is 0 Å². The van der Waals surface area contributed by atoms with Gasteiger partial charge in [-0.05, 0) is 36.5 Å². The molecule has 2 rings (SSSR count). The van der Waals surface area contributed by atoms with E-state index in [4.69, 9.17) is 9.47 Å². The van der Waals surface area contributed by atoms with Crippen LogP contribution in [0.5, 0.6) is 0 Å². The van der Waals surface area contributed by atoms with Crippen molar-refractivity contribution in [1.29, 1.82) is 0 Å². The first-order valence-corrected chi connectivity index (χ1v) is 7.39. The molecule has 0 aliphatic heterocycles. The highest BCUT2D eigenvalue weighted by atomic mass is 79.9. The molecule has 0 saturated heterocycles. The Bertz CT molecular complexity index is 254. The molecular formula is C13H23BrO2. The van der Waals surface area contributed by atoms with Crippen molar-refractivity contribution in [3.63, 3.8) is 0 Å². The largest absolute Gasteiger partial charge is 0.382 e. The van der Waals surface area contributed by atoms with Crippen LogP contribution in [0.4, 0.5) is 0 Å². The summed E-state index contributed by atoms with van der Waals surface area (Å²) >= 11 is 3.70. The fraction of sp³-hybridized carbons (Fsp3) is 1.00. The van der Waals surface area contributed by atoms with Gasteiger partial charge in [-0.2, -0.15) is 0 Å². The lowest BCUT2D eigenvalue weighted by atomic mass is 9.66. The highest BCUT2D eigenvalue weighted by Crippen LogP contribution is 2.63. The molecule has 0 heterocycles. The van der Waals surface area contributed by atoms with Crippen LogP contribution in [0.3, 0.4) is 0 Å². The first-order chi connectivity index (χ1) is 7.58. The highest BCUT2D eigenvalue weighted by molar-refractivity contribution is 9.09. The molecule has 16 heavy (non-hydrogen) atoms. The molecule has 2 aliphatic rings. The zero-order chi connectivity index (χ0) is 11.8. The Morgan fingerprint density at radius 3 is 2.38 bits per heavy atom. The summed E-state index contributed by atoms with van der Waals surface area (Å²) in [6.45, 7) is 6.17. The lowest BCUT2D eigenvalue weighted by molar-refractivity contribution is -0.144. The lowest BCUT2D eigenvalue weighted by Crippen LogP contribution is -2.53. The predicted octanol–water partition coefficient (Wildman–Crippen LogP) is 3.24. The normalized spacial score (nSPS) is 40.5. The van der Waals surface area contributed by atoms with E-state index in [1.165, 1.54) is 19.3 Å². The monoisotopic (exact) mass is 290 g/mol. The SMILES string of the molecule is COCCOC1(CBr)C2CCC(C2)C1(C)C. The molecule has 0 radical (unpaired) electrons. The van der Waals surface area contributed by atoms with Crippen LogP contribution >= 0.6 is 15.9 Å². The van der Waals surface area contributed by atoms with Gasteiger partial charge in [0, 0.05) is 12.4 Å². The Balaban J connectivity index is 2.13. The van der Waals surface area contributed by atoms with Crippen molar-refractivity contribution in [3.8, 4) is 0 Å². The molecule has 2 saturated carbocycles. The second-order valence-corrected chi connectivity index (χ2v) is 6.35. The average molecular weight is 291 g/mol. The summed E-state index contributed by atoms with van der Waals surface area (Å²) in [5, 5.41) is 0.956. The molecular weight excluding hydrogens is 268 g/mol. The second kappa shape index (κ2) is 4.58. The molecule has 2 aliphatic carbocycles. The van der Waals surface area contributed by atoms with Crippen LogP contribution in [0.25, 0.3) is 0 Å². The molecule has 2 nitrogen and oxygen atoms in total. The maximum Gasteiger partial charge on any atom is 0.0861 e. The van der Waals surface area contributed by atoms with E-state index in [0.29, 0.717) is 12.0 Å². The number of hydrogen-bond acceptors (Lipinski definition) is 2. The fourth-order valence-electron chi connectivity index (χ4n) is 3.86. The van der Waals surface area contributed by atoms with Crippen molar-refractivity contribution in [2.45, 2.75) is 38.7 Å². The predicted molar refractivity (Wildman–Crippen MR) is 69.0 cm³/mol. The molecule has 3 heteroatoms. The topological polar surface area (TPSA) is 18.5 Å².